The molecule has 2 aromatic heterocycles. The third-order valence-corrected chi connectivity index (χ3v) is 4.79. The molecule has 24 heavy (non-hydrogen) atoms. The van der Waals surface area contributed by atoms with Gasteiger partial charge in [-0.3, -0.25) is 4.79 Å². The van der Waals surface area contributed by atoms with Crippen LogP contribution in [0.15, 0.2) is 18.6 Å². The van der Waals surface area contributed by atoms with E-state index in [9.17, 15) is 4.79 Å². The third kappa shape index (κ3) is 2.74. The zero-order valence-electron chi connectivity index (χ0n) is 14.1. The van der Waals surface area contributed by atoms with Crippen molar-refractivity contribution in [3.05, 3.63) is 35.7 Å². The van der Waals surface area contributed by atoms with E-state index in [1.54, 1.807) is 0 Å². The molecule has 0 aromatic carbocycles. The van der Waals surface area contributed by atoms with Gasteiger partial charge in [0.05, 0.1) is 24.5 Å². The molecule has 0 radical (unpaired) electrons. The van der Waals surface area contributed by atoms with Gasteiger partial charge < -0.3 is 14.8 Å². The Morgan fingerprint density at radius 1 is 1.21 bits per heavy atom. The smallest absolute Gasteiger partial charge is 0.225 e. The molecule has 1 aliphatic carbocycles. The molecule has 0 bridgehead atoms. The summed E-state index contributed by atoms with van der Waals surface area (Å²) in [5, 5.41) is 3.02. The monoisotopic (exact) mass is 326 g/mol. The standard InChI is InChI=1S/C17H22N6O/c1-11-7-20-17(21-8-11)22-5-6-23-14(9-18-15(23)12(22)2)10-19-16(24)13-3-4-13/h7-9,12-13H,3-6,10H2,1-2H3,(H,19,24). The van der Waals surface area contributed by atoms with Crippen molar-refractivity contribution in [2.75, 3.05) is 11.4 Å². The van der Waals surface area contributed by atoms with Gasteiger partial charge in [0.25, 0.3) is 0 Å². The van der Waals surface area contributed by atoms with E-state index in [-0.39, 0.29) is 17.9 Å². The first-order chi connectivity index (χ1) is 11.6. The Balaban J connectivity index is 1.50. The molecule has 0 spiro atoms. The number of fused-ring (bicyclic) bond motifs is 1. The minimum atomic E-state index is 0.106. The van der Waals surface area contributed by atoms with Gasteiger partial charge in [0.2, 0.25) is 11.9 Å². The number of carbonyl (C=O) groups is 1. The lowest BCUT2D eigenvalue weighted by Gasteiger charge is -2.34. The SMILES string of the molecule is Cc1cnc(N2CCn3c(CNC(=O)C4CC4)cnc3C2C)nc1. The van der Waals surface area contributed by atoms with Crippen molar-refractivity contribution in [2.24, 2.45) is 5.92 Å². The summed E-state index contributed by atoms with van der Waals surface area (Å²) in [5.74, 6) is 2.15. The molecular formula is C17H22N6O. The van der Waals surface area contributed by atoms with Crippen LogP contribution in [0.5, 0.6) is 0 Å². The molecule has 4 rings (SSSR count). The second kappa shape index (κ2) is 5.89. The first-order valence-corrected chi connectivity index (χ1v) is 8.51. The van der Waals surface area contributed by atoms with Gasteiger partial charge in [-0.1, -0.05) is 0 Å². The Morgan fingerprint density at radius 3 is 2.67 bits per heavy atom. The Labute approximate surface area is 141 Å². The molecule has 7 nitrogen and oxygen atoms in total. The quantitative estimate of drug-likeness (QED) is 0.923. The topological polar surface area (TPSA) is 75.9 Å². The predicted octanol–water partition coefficient (Wildman–Crippen LogP) is 1.59. The Hall–Kier alpha value is -2.44. The highest BCUT2D eigenvalue weighted by Crippen LogP contribution is 2.30. The number of anilines is 1. The molecule has 1 saturated carbocycles. The number of rotatable bonds is 4. The van der Waals surface area contributed by atoms with Crippen LogP contribution in [0.3, 0.4) is 0 Å². The van der Waals surface area contributed by atoms with E-state index >= 15 is 0 Å². The van der Waals surface area contributed by atoms with E-state index in [2.05, 4.69) is 36.7 Å². The van der Waals surface area contributed by atoms with E-state index < -0.39 is 0 Å². The zero-order valence-corrected chi connectivity index (χ0v) is 14.1. The molecule has 7 heteroatoms. The van der Waals surface area contributed by atoms with Gasteiger partial charge in [-0.15, -0.1) is 0 Å². The second-order valence-electron chi connectivity index (χ2n) is 6.68. The lowest BCUT2D eigenvalue weighted by atomic mass is 10.2. The van der Waals surface area contributed by atoms with E-state index in [0.29, 0.717) is 6.54 Å². The summed E-state index contributed by atoms with van der Waals surface area (Å²) in [6.07, 6.45) is 7.61. The fourth-order valence-electron chi connectivity index (χ4n) is 3.18. The number of imidazole rings is 1. The third-order valence-electron chi connectivity index (χ3n) is 4.79. The Bertz CT molecular complexity index is 749. The van der Waals surface area contributed by atoms with Crippen molar-refractivity contribution in [2.45, 2.75) is 45.8 Å². The van der Waals surface area contributed by atoms with Gasteiger partial charge in [0.15, 0.2) is 0 Å². The molecule has 1 fully saturated rings. The lowest BCUT2D eigenvalue weighted by Crippen LogP contribution is -2.39. The van der Waals surface area contributed by atoms with Crippen molar-refractivity contribution in [3.63, 3.8) is 0 Å². The predicted molar refractivity (Wildman–Crippen MR) is 89.3 cm³/mol. The molecule has 0 saturated heterocycles. The molecule has 1 atom stereocenters. The number of nitrogens with zero attached hydrogens (tertiary/aromatic N) is 5. The highest BCUT2D eigenvalue weighted by Gasteiger charge is 2.31. The summed E-state index contributed by atoms with van der Waals surface area (Å²) in [4.78, 5) is 27.5. The Morgan fingerprint density at radius 2 is 1.96 bits per heavy atom. The minimum Gasteiger partial charge on any atom is -0.350 e. The van der Waals surface area contributed by atoms with Crippen LogP contribution in [0.4, 0.5) is 5.95 Å². The largest absolute Gasteiger partial charge is 0.350 e. The number of aromatic nitrogens is 4. The number of nitrogens with one attached hydrogen (secondary N) is 1. The van der Waals surface area contributed by atoms with Gasteiger partial charge in [-0.2, -0.15) is 0 Å². The van der Waals surface area contributed by atoms with Crippen LogP contribution in [0.1, 0.15) is 42.9 Å². The first kappa shape index (κ1) is 15.1. The van der Waals surface area contributed by atoms with Crippen molar-refractivity contribution in [1.29, 1.82) is 0 Å². The summed E-state index contributed by atoms with van der Waals surface area (Å²) in [6.45, 7) is 6.31. The minimum absolute atomic E-state index is 0.106. The van der Waals surface area contributed by atoms with Gasteiger partial charge in [0.1, 0.15) is 5.82 Å². The van der Waals surface area contributed by atoms with Crippen LogP contribution in [-0.4, -0.2) is 32.0 Å². The van der Waals surface area contributed by atoms with Gasteiger partial charge in [0, 0.05) is 31.4 Å². The lowest BCUT2D eigenvalue weighted by molar-refractivity contribution is -0.122. The fourth-order valence-corrected chi connectivity index (χ4v) is 3.18. The number of amides is 1. The highest BCUT2D eigenvalue weighted by molar-refractivity contribution is 5.80. The van der Waals surface area contributed by atoms with Crippen LogP contribution in [-0.2, 0) is 17.9 Å². The molecule has 1 unspecified atom stereocenters. The van der Waals surface area contributed by atoms with Gasteiger partial charge in [-0.25, -0.2) is 15.0 Å². The maximum Gasteiger partial charge on any atom is 0.225 e. The van der Waals surface area contributed by atoms with Crippen LogP contribution in [0.2, 0.25) is 0 Å². The molecule has 126 valence electrons. The van der Waals surface area contributed by atoms with Crippen molar-refractivity contribution in [3.8, 4) is 0 Å². The summed E-state index contributed by atoms with van der Waals surface area (Å²) < 4.78 is 2.21. The molecular weight excluding hydrogens is 304 g/mol. The maximum absolute atomic E-state index is 11.8. The fraction of sp³-hybridized carbons (Fsp3) is 0.529. The molecule has 1 N–H and O–H groups in total. The molecule has 3 heterocycles. The van der Waals surface area contributed by atoms with E-state index in [1.165, 1.54) is 0 Å². The summed E-state index contributed by atoms with van der Waals surface area (Å²) in [6, 6.07) is 0.106. The van der Waals surface area contributed by atoms with E-state index in [0.717, 1.165) is 49.0 Å². The first-order valence-electron chi connectivity index (χ1n) is 8.51. The van der Waals surface area contributed by atoms with Crippen molar-refractivity contribution >= 4 is 11.9 Å². The second-order valence-corrected chi connectivity index (χ2v) is 6.68. The average molecular weight is 326 g/mol. The van der Waals surface area contributed by atoms with E-state index in [1.807, 2.05) is 25.5 Å². The summed E-state index contributed by atoms with van der Waals surface area (Å²) in [7, 11) is 0. The van der Waals surface area contributed by atoms with Crippen LogP contribution in [0.25, 0.3) is 0 Å². The average Bonchev–Trinajstić information content (AvgIpc) is 3.35. The van der Waals surface area contributed by atoms with Crippen LogP contribution < -0.4 is 10.2 Å². The number of hydrogen-bond donors (Lipinski definition) is 1. The summed E-state index contributed by atoms with van der Waals surface area (Å²) in [5.41, 5.74) is 2.12. The number of aryl methyl sites for hydroxylation is 1. The van der Waals surface area contributed by atoms with Crippen molar-refractivity contribution in [1.82, 2.24) is 24.8 Å². The molecule has 2 aliphatic rings. The normalized spacial score (nSPS) is 19.9. The van der Waals surface area contributed by atoms with Crippen molar-refractivity contribution < 1.29 is 4.79 Å². The van der Waals surface area contributed by atoms with Gasteiger partial charge >= 0.3 is 0 Å². The highest BCUT2D eigenvalue weighted by atomic mass is 16.2. The molecule has 2 aromatic rings. The van der Waals surface area contributed by atoms with E-state index in [4.69, 9.17) is 0 Å². The number of hydrogen-bond acceptors (Lipinski definition) is 5. The Kier molecular flexibility index (Phi) is 3.70. The zero-order chi connectivity index (χ0) is 16.7. The maximum atomic E-state index is 11.8. The molecule has 1 amide bonds. The molecule has 1 aliphatic heterocycles. The van der Waals surface area contributed by atoms with Crippen LogP contribution >= 0.6 is 0 Å². The summed E-state index contributed by atoms with van der Waals surface area (Å²) >= 11 is 0. The van der Waals surface area contributed by atoms with Crippen LogP contribution in [0, 0.1) is 12.8 Å². The van der Waals surface area contributed by atoms with Gasteiger partial charge in [-0.05, 0) is 32.3 Å². The number of carbonyl (C=O) groups excluding carboxylic acids is 1.